The van der Waals surface area contributed by atoms with Crippen LogP contribution in [0.2, 0.25) is 0 Å². The molecule has 3 N–H and O–H groups in total. The fraction of sp³-hybridized carbons (Fsp3) is 0.526. The van der Waals surface area contributed by atoms with E-state index in [0.29, 0.717) is 67.0 Å². The van der Waals surface area contributed by atoms with Crippen LogP contribution in [0.15, 0.2) is 12.1 Å². The molecule has 176 valence electrons. The lowest BCUT2D eigenvalue weighted by molar-refractivity contribution is -0.141. The number of nitrogens with zero attached hydrogens (tertiary/aromatic N) is 4. The molecule has 2 saturated heterocycles. The normalized spacial score (nSPS) is 19.3. The van der Waals surface area contributed by atoms with Crippen LogP contribution >= 0.6 is 0 Å². The molecule has 2 fully saturated rings. The van der Waals surface area contributed by atoms with Gasteiger partial charge in [0.05, 0.1) is 31.1 Å². The molecule has 3 heterocycles. The Balaban J connectivity index is 0.000000668. The topological polar surface area (TPSA) is 163 Å². The molecule has 0 aliphatic carbocycles. The fourth-order valence-electron chi connectivity index (χ4n) is 3.71. The second-order valence-corrected chi connectivity index (χ2v) is 7.60. The second-order valence-electron chi connectivity index (χ2n) is 7.16. The lowest BCUT2D eigenvalue weighted by atomic mass is 10.2. The predicted molar refractivity (Wildman–Crippen MR) is 116 cm³/mol. The number of carbonyl (C=O) groups excluding carboxylic acids is 1. The highest BCUT2D eigenvalue weighted by Gasteiger charge is 2.31. The number of rotatable bonds is 4. The lowest BCUT2D eigenvalue weighted by Gasteiger charge is -2.35. The molecular weight excluding hydrogens is 442 g/mol. The third-order valence-corrected chi connectivity index (χ3v) is 5.30. The van der Waals surface area contributed by atoms with Gasteiger partial charge in [-0.15, -0.1) is 0 Å². The molecule has 0 spiro atoms. The van der Waals surface area contributed by atoms with Crippen molar-refractivity contribution in [3.05, 3.63) is 12.1 Å². The first-order chi connectivity index (χ1) is 15.3. The van der Waals surface area contributed by atoms with Gasteiger partial charge in [0.1, 0.15) is 11.9 Å². The molecule has 2 aliphatic heterocycles. The van der Waals surface area contributed by atoms with Gasteiger partial charge in [0.25, 0.3) is 5.91 Å². The number of hydrogen-bond acceptors (Lipinski definition) is 10. The predicted octanol–water partition coefficient (Wildman–Crippen LogP) is 0.395. The van der Waals surface area contributed by atoms with E-state index in [1.54, 1.807) is 26.4 Å². The molecule has 2 atom stereocenters. The van der Waals surface area contributed by atoms with Crippen molar-refractivity contribution >= 4 is 39.9 Å². The molecular formula is C19H26N5O7S-. The largest absolute Gasteiger partial charge is 0.750 e. The number of ether oxygens (including phenoxy) is 3. The fourth-order valence-corrected chi connectivity index (χ4v) is 3.71. The molecule has 2 aliphatic rings. The van der Waals surface area contributed by atoms with Crippen molar-refractivity contribution in [1.82, 2.24) is 14.9 Å². The number of fused-ring (bicyclic) bond motifs is 1. The zero-order valence-electron chi connectivity index (χ0n) is 17.9. The lowest BCUT2D eigenvalue weighted by Crippen LogP contribution is -2.51. The standard InChI is InChI=1S/C19H25N5O4.H2O3S/c1-26-15-10-12-13(11-16(15)27-2)21-19(22-17(12)20)24-7-5-23(6-8-24)18(25)14-4-3-9-28-14;1-4(2)3/h10-11,14H,3-9H2,1-2H3,(H2,20,21,22);(H2,1,2,3)/p-1. The number of nitrogens with two attached hydrogens (primary N) is 1. The summed E-state index contributed by atoms with van der Waals surface area (Å²) in [7, 11) is 3.16. The molecule has 4 rings (SSSR count). The van der Waals surface area contributed by atoms with Crippen LogP contribution in [0.3, 0.4) is 0 Å². The SMILES string of the molecule is COc1cc2nc(N3CCN(C(=O)C4CCCO4)CC3)nc(N)c2cc1OC.O=S([O-])O. The van der Waals surface area contributed by atoms with E-state index in [2.05, 4.69) is 9.97 Å². The number of nitrogen functional groups attached to an aromatic ring is 1. The van der Waals surface area contributed by atoms with Crippen molar-refractivity contribution < 1.29 is 32.3 Å². The first-order valence-electron chi connectivity index (χ1n) is 9.97. The average molecular weight is 469 g/mol. The van der Waals surface area contributed by atoms with Crippen LogP contribution in [-0.4, -0.2) is 87.2 Å². The minimum Gasteiger partial charge on any atom is -0.750 e. The number of aromatic nitrogens is 2. The quantitative estimate of drug-likeness (QED) is 0.597. The minimum atomic E-state index is -2.86. The summed E-state index contributed by atoms with van der Waals surface area (Å²) < 4.78 is 40.3. The summed E-state index contributed by atoms with van der Waals surface area (Å²) >= 11 is -2.86. The number of amides is 1. The Morgan fingerprint density at radius 1 is 1.22 bits per heavy atom. The van der Waals surface area contributed by atoms with Gasteiger partial charge in [0.15, 0.2) is 11.5 Å². The number of carbonyl (C=O) groups is 1. The van der Waals surface area contributed by atoms with Crippen LogP contribution in [0.25, 0.3) is 10.9 Å². The van der Waals surface area contributed by atoms with E-state index in [-0.39, 0.29) is 12.0 Å². The van der Waals surface area contributed by atoms with Gasteiger partial charge in [-0.1, -0.05) is 0 Å². The Hall–Kier alpha value is -2.74. The molecule has 2 aromatic rings. The number of anilines is 2. The van der Waals surface area contributed by atoms with Crippen LogP contribution in [-0.2, 0) is 20.9 Å². The van der Waals surface area contributed by atoms with E-state index in [1.807, 2.05) is 9.80 Å². The molecule has 1 amide bonds. The highest BCUT2D eigenvalue weighted by Crippen LogP contribution is 2.34. The molecule has 12 nitrogen and oxygen atoms in total. The van der Waals surface area contributed by atoms with E-state index in [4.69, 9.17) is 33.3 Å². The molecule has 2 unspecified atom stereocenters. The monoisotopic (exact) mass is 468 g/mol. The Morgan fingerprint density at radius 2 is 1.84 bits per heavy atom. The van der Waals surface area contributed by atoms with Crippen LogP contribution in [0.5, 0.6) is 11.5 Å². The van der Waals surface area contributed by atoms with Crippen molar-refractivity contribution in [2.24, 2.45) is 0 Å². The van der Waals surface area contributed by atoms with Gasteiger partial charge >= 0.3 is 0 Å². The first-order valence-corrected chi connectivity index (χ1v) is 11.0. The first kappa shape index (κ1) is 23.9. The number of benzene rings is 1. The van der Waals surface area contributed by atoms with Crippen LogP contribution < -0.4 is 20.1 Å². The van der Waals surface area contributed by atoms with Gasteiger partial charge in [0, 0.05) is 44.2 Å². The summed E-state index contributed by atoms with van der Waals surface area (Å²) in [5, 5.41) is 0.716. The number of piperazine rings is 1. The highest BCUT2D eigenvalue weighted by atomic mass is 32.2. The molecule has 0 saturated carbocycles. The third-order valence-electron chi connectivity index (χ3n) is 5.30. The Morgan fingerprint density at radius 3 is 2.41 bits per heavy atom. The summed E-state index contributed by atoms with van der Waals surface area (Å²) in [5.74, 6) is 2.21. The van der Waals surface area contributed by atoms with Crippen LogP contribution in [0, 0.1) is 0 Å². The zero-order valence-corrected chi connectivity index (χ0v) is 18.7. The summed E-state index contributed by atoms with van der Waals surface area (Å²) in [6.45, 7) is 3.21. The van der Waals surface area contributed by atoms with Gasteiger partial charge in [-0.05, 0) is 18.9 Å². The molecule has 1 aromatic heterocycles. The summed E-state index contributed by atoms with van der Waals surface area (Å²) in [4.78, 5) is 25.6. The highest BCUT2D eigenvalue weighted by molar-refractivity contribution is 7.73. The van der Waals surface area contributed by atoms with E-state index >= 15 is 0 Å². The zero-order chi connectivity index (χ0) is 23.3. The van der Waals surface area contributed by atoms with E-state index in [9.17, 15) is 4.79 Å². The molecule has 32 heavy (non-hydrogen) atoms. The van der Waals surface area contributed by atoms with Gasteiger partial charge in [-0.2, -0.15) is 4.98 Å². The van der Waals surface area contributed by atoms with Crippen LogP contribution in [0.1, 0.15) is 12.8 Å². The van der Waals surface area contributed by atoms with Crippen LogP contribution in [0.4, 0.5) is 11.8 Å². The summed E-state index contributed by atoms with van der Waals surface area (Å²) in [6.07, 6.45) is 1.49. The number of methoxy groups -OCH3 is 2. The Labute approximate surface area is 187 Å². The van der Waals surface area contributed by atoms with Gasteiger partial charge in [-0.25, -0.2) is 9.19 Å². The maximum Gasteiger partial charge on any atom is 0.251 e. The number of hydrogen-bond donors (Lipinski definition) is 2. The van der Waals surface area contributed by atoms with Crippen molar-refractivity contribution in [3.63, 3.8) is 0 Å². The minimum absolute atomic E-state index is 0.0907. The second kappa shape index (κ2) is 10.7. The molecule has 13 heteroatoms. The maximum atomic E-state index is 12.5. The van der Waals surface area contributed by atoms with Crippen molar-refractivity contribution in [1.29, 1.82) is 0 Å². The van der Waals surface area contributed by atoms with Crippen molar-refractivity contribution in [2.45, 2.75) is 18.9 Å². The Kier molecular flexibility index (Phi) is 8.01. The molecule has 0 bridgehead atoms. The van der Waals surface area contributed by atoms with Crippen molar-refractivity contribution in [2.75, 3.05) is 57.6 Å². The van der Waals surface area contributed by atoms with Gasteiger partial charge < -0.3 is 38.8 Å². The molecule has 0 radical (unpaired) electrons. The van der Waals surface area contributed by atoms with Gasteiger partial charge in [-0.3, -0.25) is 4.79 Å². The van der Waals surface area contributed by atoms with E-state index in [0.717, 1.165) is 12.8 Å². The average Bonchev–Trinajstić information content (AvgIpc) is 3.32. The Bertz CT molecular complexity index is 974. The summed E-state index contributed by atoms with van der Waals surface area (Å²) in [6, 6.07) is 3.58. The third kappa shape index (κ3) is 5.54. The smallest absolute Gasteiger partial charge is 0.251 e. The van der Waals surface area contributed by atoms with E-state index < -0.39 is 11.4 Å². The van der Waals surface area contributed by atoms with Gasteiger partial charge in [0.2, 0.25) is 5.95 Å². The van der Waals surface area contributed by atoms with Crippen molar-refractivity contribution in [3.8, 4) is 11.5 Å². The van der Waals surface area contributed by atoms with E-state index in [1.165, 1.54) is 0 Å². The summed E-state index contributed by atoms with van der Waals surface area (Å²) in [5.41, 5.74) is 6.87. The molecule has 1 aromatic carbocycles. The maximum absolute atomic E-state index is 12.5.